The zero-order valence-corrected chi connectivity index (χ0v) is 31.2. The van der Waals surface area contributed by atoms with Crippen LogP contribution in [0.3, 0.4) is 0 Å². The Kier molecular flexibility index (Phi) is 12.6. The number of hydrogen-bond acceptors (Lipinski definition) is 1. The van der Waals surface area contributed by atoms with Crippen LogP contribution in [-0.4, -0.2) is 25.8 Å². The van der Waals surface area contributed by atoms with Crippen LogP contribution in [0.5, 0.6) is 0 Å². The Bertz CT molecular complexity index is 1250. The summed E-state index contributed by atoms with van der Waals surface area (Å²) in [6.07, 6.45) is 4.43. The minimum atomic E-state index is -1.74. The average Bonchev–Trinajstić information content (AvgIpc) is 3.27. The van der Waals surface area contributed by atoms with Gasteiger partial charge in [0.2, 0.25) is 8.32 Å². The second-order valence-corrected chi connectivity index (χ2v) is 22.2. The number of imidazole rings is 1. The summed E-state index contributed by atoms with van der Waals surface area (Å²) >= 11 is 3.64. The molecule has 0 aliphatic rings. The zero-order valence-electron chi connectivity index (χ0n) is 27.6. The van der Waals surface area contributed by atoms with Crippen LogP contribution < -0.4 is 0 Å². The first-order chi connectivity index (χ1) is 19.0. The van der Waals surface area contributed by atoms with Crippen molar-refractivity contribution in [1.29, 1.82) is 0 Å². The molecular formula is C35H54N2OPdSi2. The van der Waals surface area contributed by atoms with E-state index in [0.717, 1.165) is 3.89 Å². The molecule has 0 atom stereocenters. The molecule has 0 aliphatic carbocycles. The van der Waals surface area contributed by atoms with Gasteiger partial charge < -0.3 is 4.12 Å². The third kappa shape index (κ3) is 8.85. The third-order valence-electron chi connectivity index (χ3n) is 7.24. The number of aromatic nitrogens is 2. The van der Waals surface area contributed by atoms with Crippen molar-refractivity contribution in [3.05, 3.63) is 99.5 Å². The molecular weight excluding hydrogens is 627 g/mol. The number of hydrogen-bond donors (Lipinski definition) is 0. The molecule has 2 aromatic carbocycles. The molecule has 1 aromatic heterocycles. The Balaban J connectivity index is 0.000000454. The summed E-state index contributed by atoms with van der Waals surface area (Å²) in [6, 6.07) is 13.5. The summed E-state index contributed by atoms with van der Waals surface area (Å²) in [6.45, 7) is 34.5. The van der Waals surface area contributed by atoms with Gasteiger partial charge in [-0.2, -0.15) is 0 Å². The molecule has 0 saturated carbocycles. The van der Waals surface area contributed by atoms with E-state index in [1.165, 1.54) is 33.6 Å². The summed E-state index contributed by atoms with van der Waals surface area (Å²) in [5.41, 5.74) is 12.0. The van der Waals surface area contributed by atoms with E-state index in [-0.39, 0.29) is 0 Å². The van der Waals surface area contributed by atoms with Crippen LogP contribution in [-0.2, 0) is 22.9 Å². The van der Waals surface area contributed by atoms with Gasteiger partial charge in [0, 0.05) is 0 Å². The summed E-state index contributed by atoms with van der Waals surface area (Å²) in [4.78, 5) is 0. The Hall–Kier alpha value is -1.81. The Labute approximate surface area is 263 Å². The number of para-hydroxylation sites is 2. The van der Waals surface area contributed by atoms with Crippen LogP contribution in [0, 0.1) is 3.89 Å². The fourth-order valence-corrected chi connectivity index (χ4v) is 11.8. The average molecular weight is 681 g/mol. The third-order valence-corrected chi connectivity index (χ3v) is 13.8. The van der Waals surface area contributed by atoms with Crippen molar-refractivity contribution in [2.24, 2.45) is 0 Å². The number of benzene rings is 2. The fraction of sp³-hybridized carbons (Fsp3) is 0.457. The van der Waals surface area contributed by atoms with E-state index in [1.54, 1.807) is 0 Å². The second kappa shape index (κ2) is 14.6. The summed E-state index contributed by atoms with van der Waals surface area (Å²) in [5.74, 6) is 1.83. The van der Waals surface area contributed by atoms with E-state index in [1.807, 2.05) is 11.4 Å². The molecule has 0 radical (unpaired) electrons. The van der Waals surface area contributed by atoms with Gasteiger partial charge >= 0.3 is 193 Å². The van der Waals surface area contributed by atoms with E-state index in [2.05, 4.69) is 171 Å². The van der Waals surface area contributed by atoms with Crippen LogP contribution in [0.25, 0.3) is 11.4 Å². The molecule has 6 heteroatoms. The van der Waals surface area contributed by atoms with E-state index in [4.69, 9.17) is 4.12 Å². The van der Waals surface area contributed by atoms with Crippen LogP contribution in [0.2, 0.25) is 26.2 Å². The normalized spacial score (nSPS) is 12.2. The van der Waals surface area contributed by atoms with Gasteiger partial charge in [-0.25, -0.2) is 0 Å². The number of rotatable bonds is 10. The maximum atomic E-state index is 5.97. The van der Waals surface area contributed by atoms with Gasteiger partial charge in [-0.15, -0.1) is 13.2 Å². The van der Waals surface area contributed by atoms with Crippen molar-refractivity contribution in [3.8, 4) is 11.4 Å². The van der Waals surface area contributed by atoms with Gasteiger partial charge in [-0.05, 0) is 26.2 Å². The molecule has 0 saturated heterocycles. The van der Waals surface area contributed by atoms with Crippen LogP contribution >= 0.6 is 0 Å². The van der Waals surface area contributed by atoms with Crippen molar-refractivity contribution in [3.63, 3.8) is 0 Å². The molecule has 3 nitrogen and oxygen atoms in total. The topological polar surface area (TPSA) is 19.1 Å². The molecule has 3 rings (SSSR count). The van der Waals surface area contributed by atoms with Crippen LogP contribution in [0.15, 0.2) is 73.3 Å². The maximum absolute atomic E-state index is 5.97. The molecule has 0 amide bonds. The standard InChI is InChI=1S/C27H36N2.C8H18OSi2.Pd/c1-18(2)22-11-9-12-23(19(3)4)26(22)28-15-16-29(17-28)27-24(20(5)6)13-10-14-25(27)21(7)8;1-7-11(6,8-2)9-10(3,4)5;/h9-16,18-21H,1-8H3;7-8H,1-2H2,3-6H3;. The van der Waals surface area contributed by atoms with Gasteiger partial charge in [-0.1, -0.05) is 11.4 Å². The van der Waals surface area contributed by atoms with Crippen molar-refractivity contribution >= 4 is 16.6 Å². The predicted molar refractivity (Wildman–Crippen MR) is 181 cm³/mol. The van der Waals surface area contributed by atoms with Gasteiger partial charge in [0.25, 0.3) is 0 Å². The molecule has 41 heavy (non-hydrogen) atoms. The predicted octanol–water partition coefficient (Wildman–Crippen LogP) is 10.7. The molecule has 0 aliphatic heterocycles. The first-order valence-corrected chi connectivity index (χ1v) is 21.7. The Morgan fingerprint density at radius 1 is 0.634 bits per heavy atom. The zero-order chi connectivity index (χ0) is 31.3. The van der Waals surface area contributed by atoms with Gasteiger partial charge in [0.05, 0.1) is 0 Å². The Morgan fingerprint density at radius 3 is 1.12 bits per heavy atom. The number of nitrogens with zero attached hydrogens (tertiary/aromatic N) is 2. The molecule has 3 aromatic rings. The van der Waals surface area contributed by atoms with Crippen molar-refractivity contribution in [1.82, 2.24) is 9.13 Å². The summed E-state index contributed by atoms with van der Waals surface area (Å²) in [5, 5.41) is 0. The van der Waals surface area contributed by atoms with Crippen molar-refractivity contribution in [2.75, 3.05) is 0 Å². The summed E-state index contributed by atoms with van der Waals surface area (Å²) < 4.78 is 11.7. The fourth-order valence-electron chi connectivity index (χ4n) is 5.09. The van der Waals surface area contributed by atoms with Crippen LogP contribution in [0.4, 0.5) is 0 Å². The van der Waals surface area contributed by atoms with Gasteiger partial charge in [-0.3, -0.25) is 0 Å². The monoisotopic (exact) mass is 680 g/mol. The second-order valence-electron chi connectivity index (χ2n) is 13.3. The molecule has 0 N–H and O–H groups in total. The van der Waals surface area contributed by atoms with Gasteiger partial charge in [0.1, 0.15) is 0 Å². The van der Waals surface area contributed by atoms with Crippen molar-refractivity contribution in [2.45, 2.75) is 105 Å². The first-order valence-electron chi connectivity index (χ1n) is 15.0. The molecule has 0 bridgehead atoms. The van der Waals surface area contributed by atoms with E-state index >= 15 is 0 Å². The van der Waals surface area contributed by atoms with Gasteiger partial charge in [0.15, 0.2) is 8.32 Å². The first kappa shape index (κ1) is 35.4. The SMILES string of the molecule is C=C[Si](C)(C=C)O[Si](C)(C)C.CC(C)c1cccc(C(C)C)c1-n1ccn(-c2c(C(C)C)cccc2C(C)C)[c]1=[Pd]. The van der Waals surface area contributed by atoms with E-state index in [9.17, 15) is 0 Å². The minimum absolute atomic E-state index is 0.458. The van der Waals surface area contributed by atoms with Crippen molar-refractivity contribution < 1.29 is 22.9 Å². The molecule has 1 heterocycles. The van der Waals surface area contributed by atoms with Crippen LogP contribution in [0.1, 0.15) is 101 Å². The molecule has 0 unspecified atom stereocenters. The Morgan fingerprint density at radius 2 is 0.927 bits per heavy atom. The molecule has 0 spiro atoms. The van der Waals surface area contributed by atoms with E-state index < -0.39 is 16.6 Å². The van der Waals surface area contributed by atoms with E-state index in [0.29, 0.717) is 23.7 Å². The summed E-state index contributed by atoms with van der Waals surface area (Å²) in [7, 11) is -3.16. The molecule has 0 fully saturated rings. The molecule has 228 valence electrons. The quantitative estimate of drug-likeness (QED) is 0.195.